The lowest BCUT2D eigenvalue weighted by Gasteiger charge is -2.00. The van der Waals surface area contributed by atoms with Crippen LogP contribution in [0.5, 0.6) is 0 Å². The molecule has 0 bridgehead atoms. The maximum Gasteiger partial charge on any atom is 0.203 e. The first-order chi connectivity index (χ1) is 7.58. The van der Waals surface area contributed by atoms with Gasteiger partial charge in [-0.1, -0.05) is 23.2 Å². The number of hydrogen-bond acceptors (Lipinski definition) is 2. The topological polar surface area (TPSA) is 17.1 Å². The molecule has 16 heavy (non-hydrogen) atoms. The van der Waals surface area contributed by atoms with Crippen molar-refractivity contribution in [1.29, 1.82) is 0 Å². The van der Waals surface area contributed by atoms with Gasteiger partial charge in [-0.15, -0.1) is 11.3 Å². The molecule has 0 aliphatic carbocycles. The van der Waals surface area contributed by atoms with Gasteiger partial charge in [0.2, 0.25) is 5.78 Å². The Bertz CT molecular complexity index is 551. The van der Waals surface area contributed by atoms with Gasteiger partial charge in [-0.2, -0.15) is 0 Å². The lowest BCUT2D eigenvalue weighted by atomic mass is 10.1. The standard InChI is InChI=1S/C11H5BrCl2OS/c12-7-5-6(1-2-8(7)13)11(15)9-3-4-10(14)16-9/h1-5H. The lowest BCUT2D eigenvalue weighted by molar-refractivity contribution is 0.104. The Hall–Kier alpha value is -0.350. The van der Waals surface area contributed by atoms with Gasteiger partial charge < -0.3 is 0 Å². The monoisotopic (exact) mass is 334 g/mol. The largest absolute Gasteiger partial charge is 0.288 e. The smallest absolute Gasteiger partial charge is 0.203 e. The van der Waals surface area contributed by atoms with Crippen LogP contribution >= 0.6 is 50.5 Å². The van der Waals surface area contributed by atoms with E-state index in [2.05, 4.69) is 15.9 Å². The van der Waals surface area contributed by atoms with Crippen LogP contribution in [0.15, 0.2) is 34.8 Å². The molecular formula is C11H5BrCl2OS. The minimum atomic E-state index is -0.0470. The second kappa shape index (κ2) is 4.88. The van der Waals surface area contributed by atoms with E-state index in [1.807, 2.05) is 0 Å². The summed E-state index contributed by atoms with van der Waals surface area (Å²) in [7, 11) is 0. The van der Waals surface area contributed by atoms with Gasteiger partial charge in [0.15, 0.2) is 0 Å². The Morgan fingerprint density at radius 2 is 1.94 bits per heavy atom. The Morgan fingerprint density at radius 1 is 1.19 bits per heavy atom. The van der Waals surface area contributed by atoms with Crippen molar-refractivity contribution in [3.8, 4) is 0 Å². The molecular weight excluding hydrogens is 331 g/mol. The Labute approximate surface area is 115 Å². The van der Waals surface area contributed by atoms with E-state index in [-0.39, 0.29) is 5.78 Å². The summed E-state index contributed by atoms with van der Waals surface area (Å²) in [5, 5.41) is 0.584. The zero-order valence-electron chi connectivity index (χ0n) is 7.84. The van der Waals surface area contributed by atoms with Crippen molar-refractivity contribution in [2.24, 2.45) is 0 Å². The van der Waals surface area contributed by atoms with E-state index in [0.717, 1.165) is 0 Å². The van der Waals surface area contributed by atoms with Crippen LogP contribution in [0.25, 0.3) is 0 Å². The van der Waals surface area contributed by atoms with Gasteiger partial charge in [0, 0.05) is 10.0 Å². The van der Waals surface area contributed by atoms with Crippen LogP contribution in [0.4, 0.5) is 0 Å². The fourth-order valence-corrected chi connectivity index (χ4v) is 2.72. The molecule has 0 amide bonds. The summed E-state index contributed by atoms with van der Waals surface area (Å²) in [6.07, 6.45) is 0. The van der Waals surface area contributed by atoms with Gasteiger partial charge in [0.1, 0.15) is 0 Å². The molecule has 2 rings (SSSR count). The van der Waals surface area contributed by atoms with Crippen molar-refractivity contribution in [3.05, 3.63) is 54.6 Å². The molecule has 82 valence electrons. The Kier molecular flexibility index (Phi) is 3.70. The predicted molar refractivity (Wildman–Crippen MR) is 71.9 cm³/mol. The highest BCUT2D eigenvalue weighted by Crippen LogP contribution is 2.27. The minimum absolute atomic E-state index is 0.0470. The van der Waals surface area contributed by atoms with Crippen molar-refractivity contribution in [2.75, 3.05) is 0 Å². The van der Waals surface area contributed by atoms with Gasteiger partial charge in [0.05, 0.1) is 14.2 Å². The first-order valence-electron chi connectivity index (χ1n) is 4.33. The van der Waals surface area contributed by atoms with E-state index in [1.165, 1.54) is 11.3 Å². The fourth-order valence-electron chi connectivity index (χ4n) is 1.22. The summed E-state index contributed by atoms with van der Waals surface area (Å²) >= 11 is 16.2. The summed E-state index contributed by atoms with van der Waals surface area (Å²) in [5.41, 5.74) is 0.592. The molecule has 1 heterocycles. The number of carbonyl (C=O) groups is 1. The number of ketones is 1. The van der Waals surface area contributed by atoms with E-state index in [9.17, 15) is 4.79 Å². The average Bonchev–Trinajstić information content (AvgIpc) is 2.68. The molecule has 1 nitrogen and oxygen atoms in total. The molecule has 0 aliphatic heterocycles. The molecule has 0 saturated carbocycles. The summed E-state index contributed by atoms with van der Waals surface area (Å²) < 4.78 is 1.32. The summed E-state index contributed by atoms with van der Waals surface area (Å²) in [4.78, 5) is 12.6. The van der Waals surface area contributed by atoms with E-state index >= 15 is 0 Å². The van der Waals surface area contributed by atoms with Crippen LogP contribution in [0.1, 0.15) is 15.2 Å². The number of thiophene rings is 1. The normalized spacial score (nSPS) is 10.4. The van der Waals surface area contributed by atoms with Crippen molar-refractivity contribution in [2.45, 2.75) is 0 Å². The van der Waals surface area contributed by atoms with Crippen LogP contribution < -0.4 is 0 Å². The molecule has 2 aromatic rings. The van der Waals surface area contributed by atoms with Gasteiger partial charge >= 0.3 is 0 Å². The third kappa shape index (κ3) is 2.48. The summed E-state index contributed by atoms with van der Waals surface area (Å²) in [6.45, 7) is 0. The number of hydrogen-bond donors (Lipinski definition) is 0. The highest BCUT2D eigenvalue weighted by Gasteiger charge is 2.12. The third-order valence-corrected chi connectivity index (χ3v) is 4.42. The number of halogens is 3. The quantitative estimate of drug-likeness (QED) is 0.702. The lowest BCUT2D eigenvalue weighted by Crippen LogP contribution is -1.98. The second-order valence-electron chi connectivity index (χ2n) is 3.06. The molecule has 0 saturated heterocycles. The maximum absolute atomic E-state index is 12.0. The maximum atomic E-state index is 12.0. The van der Waals surface area contributed by atoms with Gasteiger partial charge in [0.25, 0.3) is 0 Å². The van der Waals surface area contributed by atoms with Gasteiger partial charge in [-0.05, 0) is 46.3 Å². The van der Waals surface area contributed by atoms with Crippen molar-refractivity contribution in [1.82, 2.24) is 0 Å². The number of rotatable bonds is 2. The Morgan fingerprint density at radius 3 is 2.50 bits per heavy atom. The first-order valence-corrected chi connectivity index (χ1v) is 6.69. The summed E-state index contributed by atoms with van der Waals surface area (Å²) in [5.74, 6) is -0.0470. The van der Waals surface area contributed by atoms with Crippen molar-refractivity contribution in [3.63, 3.8) is 0 Å². The highest BCUT2D eigenvalue weighted by molar-refractivity contribution is 9.10. The third-order valence-electron chi connectivity index (χ3n) is 1.98. The average molecular weight is 336 g/mol. The zero-order chi connectivity index (χ0) is 11.7. The predicted octanol–water partition coefficient (Wildman–Crippen LogP) is 5.05. The van der Waals surface area contributed by atoms with Crippen molar-refractivity contribution < 1.29 is 4.79 Å². The molecule has 0 unspecified atom stereocenters. The van der Waals surface area contributed by atoms with Crippen LogP contribution in [-0.2, 0) is 0 Å². The van der Waals surface area contributed by atoms with Crippen molar-refractivity contribution >= 4 is 56.3 Å². The SMILES string of the molecule is O=C(c1ccc(Cl)c(Br)c1)c1ccc(Cl)s1. The highest BCUT2D eigenvalue weighted by atomic mass is 79.9. The zero-order valence-corrected chi connectivity index (χ0v) is 11.8. The number of benzene rings is 1. The molecule has 5 heteroatoms. The van der Waals surface area contributed by atoms with Crippen LogP contribution in [0, 0.1) is 0 Å². The van der Waals surface area contributed by atoms with E-state index in [1.54, 1.807) is 30.3 Å². The molecule has 1 aromatic carbocycles. The molecule has 0 radical (unpaired) electrons. The molecule has 0 spiro atoms. The number of carbonyl (C=O) groups excluding carboxylic acids is 1. The molecule has 0 aliphatic rings. The minimum Gasteiger partial charge on any atom is -0.288 e. The van der Waals surface area contributed by atoms with E-state index in [4.69, 9.17) is 23.2 Å². The Balaban J connectivity index is 2.38. The molecule has 0 atom stereocenters. The van der Waals surface area contributed by atoms with Gasteiger partial charge in [-0.25, -0.2) is 0 Å². The van der Waals surface area contributed by atoms with E-state index < -0.39 is 0 Å². The summed E-state index contributed by atoms with van der Waals surface area (Å²) in [6, 6.07) is 8.53. The first kappa shape index (κ1) is 12.1. The fraction of sp³-hybridized carbons (Fsp3) is 0. The second-order valence-corrected chi connectivity index (χ2v) is 6.04. The van der Waals surface area contributed by atoms with Crippen LogP contribution in [-0.4, -0.2) is 5.78 Å². The molecule has 0 N–H and O–H groups in total. The molecule has 1 aromatic heterocycles. The van der Waals surface area contributed by atoms with E-state index in [0.29, 0.717) is 24.3 Å². The van der Waals surface area contributed by atoms with Crippen LogP contribution in [0.3, 0.4) is 0 Å². The van der Waals surface area contributed by atoms with Gasteiger partial charge in [-0.3, -0.25) is 4.79 Å². The molecule has 0 fully saturated rings. The van der Waals surface area contributed by atoms with Crippen LogP contribution in [0.2, 0.25) is 9.36 Å².